The summed E-state index contributed by atoms with van der Waals surface area (Å²) >= 11 is 0. The average Bonchev–Trinajstić information content (AvgIpc) is 2.80. The molecule has 0 atom stereocenters. The van der Waals surface area contributed by atoms with E-state index >= 15 is 0 Å². The molecule has 1 aromatic carbocycles. The minimum atomic E-state index is -0.378. The standard InChI is InChI=1S/C20H31BN2O4/c1-19(2)20(3,4)27-21(26-19)15-6-7-17(23-10-8-22(5)9-11-23)18(12-15)25-16-13-24-14-16/h6-7,12,16H,8-11,13-14H2,1-5H3. The van der Waals surface area contributed by atoms with Crippen LogP contribution in [0.2, 0.25) is 0 Å². The number of anilines is 1. The van der Waals surface area contributed by atoms with E-state index < -0.39 is 0 Å². The zero-order valence-corrected chi connectivity index (χ0v) is 17.2. The molecular weight excluding hydrogens is 343 g/mol. The second kappa shape index (κ2) is 6.96. The summed E-state index contributed by atoms with van der Waals surface area (Å²) in [7, 11) is 1.79. The lowest BCUT2D eigenvalue weighted by atomic mass is 9.79. The summed E-state index contributed by atoms with van der Waals surface area (Å²) in [5, 5.41) is 0. The largest absolute Gasteiger partial charge is 0.494 e. The van der Waals surface area contributed by atoms with Gasteiger partial charge in [-0.05, 0) is 52.3 Å². The van der Waals surface area contributed by atoms with Crippen LogP contribution in [-0.4, -0.2) is 75.8 Å². The number of rotatable bonds is 4. The Morgan fingerprint density at radius 2 is 1.63 bits per heavy atom. The highest BCUT2D eigenvalue weighted by atomic mass is 16.7. The first-order valence-corrected chi connectivity index (χ1v) is 9.93. The van der Waals surface area contributed by atoms with Crippen molar-refractivity contribution in [3.8, 4) is 5.75 Å². The van der Waals surface area contributed by atoms with E-state index in [0.717, 1.165) is 43.1 Å². The normalized spacial score (nSPS) is 25.5. The number of ether oxygens (including phenoxy) is 2. The minimum Gasteiger partial charge on any atom is -0.483 e. The fourth-order valence-corrected chi connectivity index (χ4v) is 3.52. The summed E-state index contributed by atoms with van der Waals surface area (Å²) in [6, 6.07) is 6.36. The molecule has 1 aromatic rings. The molecule has 0 bridgehead atoms. The van der Waals surface area contributed by atoms with Crippen LogP contribution in [0.15, 0.2) is 18.2 Å². The van der Waals surface area contributed by atoms with Gasteiger partial charge in [0.25, 0.3) is 0 Å². The fourth-order valence-electron chi connectivity index (χ4n) is 3.52. The Labute approximate surface area is 162 Å². The Morgan fingerprint density at radius 1 is 1.00 bits per heavy atom. The second-order valence-electron chi connectivity index (χ2n) is 8.88. The number of nitrogens with zero attached hydrogens (tertiary/aromatic N) is 2. The Balaban J connectivity index is 1.60. The van der Waals surface area contributed by atoms with E-state index in [0.29, 0.717) is 13.2 Å². The lowest BCUT2D eigenvalue weighted by Gasteiger charge is -2.36. The molecule has 0 spiro atoms. The van der Waals surface area contributed by atoms with Crippen molar-refractivity contribution in [2.75, 3.05) is 51.3 Å². The van der Waals surface area contributed by atoms with Crippen LogP contribution in [0.4, 0.5) is 5.69 Å². The first-order valence-electron chi connectivity index (χ1n) is 9.93. The molecule has 6 nitrogen and oxygen atoms in total. The van der Waals surface area contributed by atoms with Gasteiger partial charge >= 0.3 is 7.12 Å². The Morgan fingerprint density at radius 3 is 2.19 bits per heavy atom. The van der Waals surface area contributed by atoms with Crippen molar-refractivity contribution in [1.29, 1.82) is 0 Å². The van der Waals surface area contributed by atoms with Crippen LogP contribution in [0.3, 0.4) is 0 Å². The van der Waals surface area contributed by atoms with E-state index in [2.05, 4.69) is 62.7 Å². The molecule has 3 aliphatic rings. The van der Waals surface area contributed by atoms with Gasteiger partial charge in [-0.25, -0.2) is 0 Å². The highest BCUT2D eigenvalue weighted by Crippen LogP contribution is 2.37. The van der Waals surface area contributed by atoms with Crippen LogP contribution in [0.1, 0.15) is 27.7 Å². The van der Waals surface area contributed by atoms with Gasteiger partial charge in [0, 0.05) is 26.2 Å². The van der Waals surface area contributed by atoms with Gasteiger partial charge in [0.05, 0.1) is 30.1 Å². The first-order chi connectivity index (χ1) is 12.7. The van der Waals surface area contributed by atoms with Crippen molar-refractivity contribution >= 4 is 18.3 Å². The zero-order valence-electron chi connectivity index (χ0n) is 17.2. The van der Waals surface area contributed by atoms with Crippen LogP contribution < -0.4 is 15.1 Å². The molecule has 0 aliphatic carbocycles. The quantitative estimate of drug-likeness (QED) is 0.745. The molecule has 7 heteroatoms. The van der Waals surface area contributed by atoms with Crippen molar-refractivity contribution in [3.63, 3.8) is 0 Å². The van der Waals surface area contributed by atoms with Gasteiger partial charge < -0.3 is 28.6 Å². The van der Waals surface area contributed by atoms with Gasteiger partial charge in [-0.3, -0.25) is 0 Å². The summed E-state index contributed by atoms with van der Waals surface area (Å²) in [5.74, 6) is 0.903. The maximum Gasteiger partial charge on any atom is 0.494 e. The third-order valence-electron chi connectivity index (χ3n) is 6.25. The van der Waals surface area contributed by atoms with Crippen molar-refractivity contribution in [1.82, 2.24) is 4.90 Å². The van der Waals surface area contributed by atoms with Crippen LogP contribution in [-0.2, 0) is 14.0 Å². The summed E-state index contributed by atoms with van der Waals surface area (Å²) in [6.45, 7) is 13.8. The molecule has 3 saturated heterocycles. The fraction of sp³-hybridized carbons (Fsp3) is 0.700. The molecule has 3 aliphatic heterocycles. The molecule has 0 aromatic heterocycles. The monoisotopic (exact) mass is 374 g/mol. The van der Waals surface area contributed by atoms with Gasteiger partial charge in [0.15, 0.2) is 0 Å². The number of hydrogen-bond donors (Lipinski definition) is 0. The summed E-state index contributed by atoms with van der Waals surface area (Å²) in [4.78, 5) is 4.76. The molecule has 0 radical (unpaired) electrons. The van der Waals surface area contributed by atoms with E-state index in [4.69, 9.17) is 18.8 Å². The van der Waals surface area contributed by atoms with E-state index in [9.17, 15) is 0 Å². The Bertz CT molecular complexity index is 669. The maximum atomic E-state index is 6.27. The molecule has 27 heavy (non-hydrogen) atoms. The maximum absolute atomic E-state index is 6.27. The van der Waals surface area contributed by atoms with Gasteiger partial charge in [-0.1, -0.05) is 6.07 Å². The lowest BCUT2D eigenvalue weighted by Crippen LogP contribution is -2.45. The van der Waals surface area contributed by atoms with E-state index in [1.165, 1.54) is 0 Å². The highest BCUT2D eigenvalue weighted by Gasteiger charge is 2.51. The first kappa shape index (κ1) is 19.1. The Hall–Kier alpha value is -1.28. The highest BCUT2D eigenvalue weighted by molar-refractivity contribution is 6.62. The van der Waals surface area contributed by atoms with Gasteiger partial charge in [0.1, 0.15) is 11.9 Å². The van der Waals surface area contributed by atoms with E-state index in [1.807, 2.05) is 0 Å². The van der Waals surface area contributed by atoms with E-state index in [-0.39, 0.29) is 24.4 Å². The molecule has 0 saturated carbocycles. The number of likely N-dealkylation sites (N-methyl/N-ethyl adjacent to an activating group) is 1. The molecule has 0 N–H and O–H groups in total. The van der Waals surface area contributed by atoms with E-state index in [1.54, 1.807) is 0 Å². The number of benzene rings is 1. The smallest absolute Gasteiger partial charge is 0.483 e. The molecule has 4 rings (SSSR count). The predicted octanol–water partition coefficient (Wildman–Crippen LogP) is 1.52. The molecular formula is C20H31BN2O4. The molecule has 3 fully saturated rings. The average molecular weight is 374 g/mol. The Kier molecular flexibility index (Phi) is 4.91. The predicted molar refractivity (Wildman–Crippen MR) is 107 cm³/mol. The van der Waals surface area contributed by atoms with Crippen LogP contribution >= 0.6 is 0 Å². The molecule has 0 unspecified atom stereocenters. The molecule has 0 amide bonds. The summed E-state index contributed by atoms with van der Waals surface area (Å²) < 4.78 is 24.0. The third kappa shape index (κ3) is 3.70. The summed E-state index contributed by atoms with van der Waals surface area (Å²) in [5.41, 5.74) is 1.45. The third-order valence-corrected chi connectivity index (χ3v) is 6.25. The van der Waals surface area contributed by atoms with Gasteiger partial charge in [-0.15, -0.1) is 0 Å². The number of hydrogen-bond acceptors (Lipinski definition) is 6. The second-order valence-corrected chi connectivity index (χ2v) is 8.88. The van der Waals surface area contributed by atoms with Crippen molar-refractivity contribution < 1.29 is 18.8 Å². The van der Waals surface area contributed by atoms with Crippen LogP contribution in [0.5, 0.6) is 5.75 Å². The molecule has 3 heterocycles. The van der Waals surface area contributed by atoms with Gasteiger partial charge in [-0.2, -0.15) is 0 Å². The SMILES string of the molecule is CN1CCN(c2ccc(B3OC(C)(C)C(C)(C)O3)cc2OC2COC2)CC1. The lowest BCUT2D eigenvalue weighted by molar-refractivity contribution is -0.0794. The van der Waals surface area contributed by atoms with Crippen molar-refractivity contribution in [2.45, 2.75) is 45.0 Å². The topological polar surface area (TPSA) is 43.4 Å². The van der Waals surface area contributed by atoms with Gasteiger partial charge in [0.2, 0.25) is 0 Å². The van der Waals surface area contributed by atoms with Crippen LogP contribution in [0.25, 0.3) is 0 Å². The summed E-state index contributed by atoms with van der Waals surface area (Å²) in [6.07, 6.45) is 0.129. The van der Waals surface area contributed by atoms with Crippen molar-refractivity contribution in [3.05, 3.63) is 18.2 Å². The zero-order chi connectivity index (χ0) is 19.2. The van der Waals surface area contributed by atoms with Crippen LogP contribution in [0, 0.1) is 0 Å². The minimum absolute atomic E-state index is 0.129. The van der Waals surface area contributed by atoms with Crippen molar-refractivity contribution in [2.24, 2.45) is 0 Å². The number of piperazine rings is 1. The molecule has 148 valence electrons.